The minimum atomic E-state index is -1.07. The Morgan fingerprint density at radius 3 is 2.68 bits per heavy atom. The molecule has 7 nitrogen and oxygen atoms in total. The molecule has 102 valence electrons. The van der Waals surface area contributed by atoms with Gasteiger partial charge in [-0.1, -0.05) is 0 Å². The number of carbonyl (C=O) groups excluding carboxylic acids is 1. The number of hydrogen-bond donors (Lipinski definition) is 3. The fourth-order valence-electron chi connectivity index (χ4n) is 1.83. The highest BCUT2D eigenvalue weighted by Crippen LogP contribution is 2.06. The minimum Gasteiger partial charge on any atom is -0.477 e. The molecule has 1 aromatic heterocycles. The van der Waals surface area contributed by atoms with Crippen LogP contribution in [0.4, 0.5) is 5.69 Å². The second kappa shape index (κ2) is 6.14. The summed E-state index contributed by atoms with van der Waals surface area (Å²) < 4.78 is 0. The van der Waals surface area contributed by atoms with Gasteiger partial charge in [-0.25, -0.2) is 9.78 Å². The molecule has 1 aliphatic heterocycles. The molecular weight excluding hydrogens is 248 g/mol. The van der Waals surface area contributed by atoms with E-state index in [1.54, 1.807) is 11.0 Å². The van der Waals surface area contributed by atoms with Gasteiger partial charge < -0.3 is 20.6 Å². The van der Waals surface area contributed by atoms with Crippen molar-refractivity contribution in [2.75, 3.05) is 38.0 Å². The number of carboxylic acids is 1. The third-order valence-electron chi connectivity index (χ3n) is 2.90. The largest absolute Gasteiger partial charge is 0.477 e. The van der Waals surface area contributed by atoms with Crippen molar-refractivity contribution in [3.63, 3.8) is 0 Å². The fraction of sp³-hybridized carbons (Fsp3) is 0.417. The van der Waals surface area contributed by atoms with E-state index in [9.17, 15) is 9.59 Å². The van der Waals surface area contributed by atoms with Crippen molar-refractivity contribution in [3.05, 3.63) is 24.0 Å². The van der Waals surface area contributed by atoms with E-state index in [4.69, 9.17) is 5.11 Å². The van der Waals surface area contributed by atoms with Crippen molar-refractivity contribution in [1.29, 1.82) is 0 Å². The number of piperazine rings is 1. The molecule has 7 heteroatoms. The smallest absolute Gasteiger partial charge is 0.354 e. The summed E-state index contributed by atoms with van der Waals surface area (Å²) >= 11 is 0. The van der Waals surface area contributed by atoms with Gasteiger partial charge in [0.25, 0.3) is 0 Å². The van der Waals surface area contributed by atoms with Crippen LogP contribution < -0.4 is 10.6 Å². The Balaban J connectivity index is 1.84. The highest BCUT2D eigenvalue weighted by molar-refractivity contribution is 5.85. The lowest BCUT2D eigenvalue weighted by Gasteiger charge is -2.27. The van der Waals surface area contributed by atoms with Crippen molar-refractivity contribution in [3.8, 4) is 0 Å². The molecule has 1 amide bonds. The number of amides is 1. The van der Waals surface area contributed by atoms with E-state index in [0.717, 1.165) is 26.2 Å². The second-order valence-corrected chi connectivity index (χ2v) is 4.22. The van der Waals surface area contributed by atoms with E-state index in [0.29, 0.717) is 5.69 Å². The first-order chi connectivity index (χ1) is 9.16. The molecule has 1 saturated heterocycles. The Hall–Kier alpha value is -2.15. The Kier molecular flexibility index (Phi) is 4.30. The number of carboxylic acid groups (broad SMARTS) is 1. The zero-order valence-corrected chi connectivity index (χ0v) is 10.4. The molecule has 19 heavy (non-hydrogen) atoms. The van der Waals surface area contributed by atoms with Crippen LogP contribution in [0.3, 0.4) is 0 Å². The molecule has 0 aromatic carbocycles. The predicted molar refractivity (Wildman–Crippen MR) is 69.1 cm³/mol. The zero-order valence-electron chi connectivity index (χ0n) is 10.4. The molecule has 2 rings (SSSR count). The number of nitrogens with one attached hydrogen (secondary N) is 2. The number of pyridine rings is 1. The van der Waals surface area contributed by atoms with Gasteiger partial charge >= 0.3 is 5.97 Å². The number of carbonyl (C=O) groups is 2. The van der Waals surface area contributed by atoms with Gasteiger partial charge in [0, 0.05) is 26.2 Å². The molecule has 0 saturated carbocycles. The fourth-order valence-corrected chi connectivity index (χ4v) is 1.83. The van der Waals surface area contributed by atoms with Crippen LogP contribution >= 0.6 is 0 Å². The Morgan fingerprint density at radius 1 is 1.37 bits per heavy atom. The van der Waals surface area contributed by atoms with Crippen LogP contribution in [0.1, 0.15) is 10.5 Å². The maximum Gasteiger partial charge on any atom is 0.354 e. The summed E-state index contributed by atoms with van der Waals surface area (Å²) in [5.41, 5.74) is 0.618. The Labute approximate surface area is 110 Å². The Morgan fingerprint density at radius 2 is 2.11 bits per heavy atom. The van der Waals surface area contributed by atoms with E-state index in [1.165, 1.54) is 12.3 Å². The topological polar surface area (TPSA) is 94.6 Å². The van der Waals surface area contributed by atoms with Gasteiger partial charge in [0.05, 0.1) is 18.4 Å². The number of aromatic nitrogens is 1. The van der Waals surface area contributed by atoms with Crippen LogP contribution in [0.2, 0.25) is 0 Å². The van der Waals surface area contributed by atoms with Gasteiger partial charge in [0.2, 0.25) is 5.91 Å². The third kappa shape index (κ3) is 3.65. The van der Waals surface area contributed by atoms with E-state index in [2.05, 4.69) is 15.6 Å². The van der Waals surface area contributed by atoms with Crippen LogP contribution in [-0.4, -0.2) is 59.6 Å². The summed E-state index contributed by atoms with van der Waals surface area (Å²) in [7, 11) is 0. The highest BCUT2D eigenvalue weighted by atomic mass is 16.4. The van der Waals surface area contributed by atoms with Crippen molar-refractivity contribution < 1.29 is 14.7 Å². The third-order valence-corrected chi connectivity index (χ3v) is 2.90. The van der Waals surface area contributed by atoms with Gasteiger partial charge in [0.15, 0.2) is 0 Å². The lowest BCUT2D eigenvalue weighted by molar-refractivity contribution is -0.129. The molecule has 0 bridgehead atoms. The average Bonchev–Trinajstić information content (AvgIpc) is 2.46. The van der Waals surface area contributed by atoms with Gasteiger partial charge in [-0.15, -0.1) is 0 Å². The lowest BCUT2D eigenvalue weighted by atomic mass is 10.3. The van der Waals surface area contributed by atoms with Crippen LogP contribution in [-0.2, 0) is 4.79 Å². The first-order valence-electron chi connectivity index (χ1n) is 6.08. The van der Waals surface area contributed by atoms with Crippen molar-refractivity contribution in [1.82, 2.24) is 15.2 Å². The Bertz CT molecular complexity index is 455. The van der Waals surface area contributed by atoms with Gasteiger partial charge in [0.1, 0.15) is 5.69 Å². The number of hydrogen-bond acceptors (Lipinski definition) is 5. The summed E-state index contributed by atoms with van der Waals surface area (Å²) in [5.74, 6) is -1.03. The monoisotopic (exact) mass is 264 g/mol. The maximum atomic E-state index is 11.9. The quantitative estimate of drug-likeness (QED) is 0.686. The molecule has 1 aliphatic rings. The summed E-state index contributed by atoms with van der Waals surface area (Å²) in [5, 5.41) is 14.8. The molecule has 0 aliphatic carbocycles. The SMILES string of the molecule is O=C(O)c1ccc(NCC(=O)N2CCNCC2)cn1. The molecule has 0 spiro atoms. The molecule has 1 fully saturated rings. The number of rotatable bonds is 4. The summed E-state index contributed by atoms with van der Waals surface area (Å²) in [6, 6.07) is 3.00. The molecule has 2 heterocycles. The van der Waals surface area contributed by atoms with E-state index < -0.39 is 5.97 Å². The summed E-state index contributed by atoms with van der Waals surface area (Å²) in [6.45, 7) is 3.27. The number of aromatic carboxylic acids is 1. The van der Waals surface area contributed by atoms with E-state index in [-0.39, 0.29) is 18.1 Å². The minimum absolute atomic E-state index is 0.0148. The van der Waals surface area contributed by atoms with Crippen LogP contribution in [0.25, 0.3) is 0 Å². The first-order valence-corrected chi connectivity index (χ1v) is 6.08. The van der Waals surface area contributed by atoms with Crippen LogP contribution in [0.5, 0.6) is 0 Å². The first kappa shape index (κ1) is 13.3. The predicted octanol–water partition coefficient (Wildman–Crippen LogP) is -0.376. The molecular formula is C12H16N4O3. The average molecular weight is 264 g/mol. The molecule has 0 radical (unpaired) electrons. The van der Waals surface area contributed by atoms with Crippen LogP contribution in [0, 0.1) is 0 Å². The highest BCUT2D eigenvalue weighted by Gasteiger charge is 2.15. The number of nitrogens with zero attached hydrogens (tertiary/aromatic N) is 2. The second-order valence-electron chi connectivity index (χ2n) is 4.22. The molecule has 3 N–H and O–H groups in total. The molecule has 0 atom stereocenters. The molecule has 1 aromatic rings. The van der Waals surface area contributed by atoms with Crippen molar-refractivity contribution in [2.45, 2.75) is 0 Å². The van der Waals surface area contributed by atoms with Gasteiger partial charge in [-0.3, -0.25) is 4.79 Å². The summed E-state index contributed by atoms with van der Waals surface area (Å²) in [6.07, 6.45) is 1.41. The summed E-state index contributed by atoms with van der Waals surface area (Å²) in [4.78, 5) is 28.1. The number of anilines is 1. The van der Waals surface area contributed by atoms with Crippen LogP contribution in [0.15, 0.2) is 18.3 Å². The molecule has 0 unspecified atom stereocenters. The zero-order chi connectivity index (χ0) is 13.7. The van der Waals surface area contributed by atoms with Gasteiger partial charge in [-0.2, -0.15) is 0 Å². The standard InChI is InChI=1S/C12H16N4O3/c17-11(16-5-3-13-4-6-16)8-14-9-1-2-10(12(18)19)15-7-9/h1-2,7,13-14H,3-6,8H2,(H,18,19). The lowest BCUT2D eigenvalue weighted by Crippen LogP contribution is -2.48. The van der Waals surface area contributed by atoms with Crippen molar-refractivity contribution >= 4 is 17.6 Å². The van der Waals surface area contributed by atoms with E-state index in [1.807, 2.05) is 0 Å². The van der Waals surface area contributed by atoms with Crippen molar-refractivity contribution in [2.24, 2.45) is 0 Å². The van der Waals surface area contributed by atoms with Gasteiger partial charge in [-0.05, 0) is 12.1 Å². The van der Waals surface area contributed by atoms with E-state index >= 15 is 0 Å². The maximum absolute atomic E-state index is 11.9. The normalized spacial score (nSPS) is 15.1.